The van der Waals surface area contributed by atoms with Gasteiger partial charge in [-0.1, -0.05) is 42.5 Å². The molecular weight excluding hydrogens is 389 g/mol. The number of aromatic nitrogens is 2. The van der Waals surface area contributed by atoms with Crippen molar-refractivity contribution in [3.8, 4) is 17.0 Å². The average molecular weight is 404 g/mol. The molecule has 29 heavy (non-hydrogen) atoms. The zero-order valence-electron chi connectivity index (χ0n) is 14.8. The Kier molecular flexibility index (Phi) is 5.82. The van der Waals surface area contributed by atoms with Crippen LogP contribution in [-0.2, 0) is 4.79 Å². The van der Waals surface area contributed by atoms with Crippen LogP contribution < -0.4 is 15.4 Å². The van der Waals surface area contributed by atoms with Gasteiger partial charge in [-0.05, 0) is 12.1 Å². The number of alkyl halides is 3. The molecule has 0 fully saturated rings. The standard InChI is InChI=1S/C19H15F3N4O3/c20-19(21,22)29-15-9-5-4-8-13(15)24-16-10-14(12-6-2-1-3-7-12)25-18(26-16)23-11-17(27)28/h1-10H,11H2,(H,27,28)(H2,23,24,25,26). The largest absolute Gasteiger partial charge is 0.573 e. The first-order chi connectivity index (χ1) is 13.8. The van der Waals surface area contributed by atoms with Crippen molar-refractivity contribution in [3.05, 3.63) is 60.7 Å². The number of para-hydroxylation sites is 2. The van der Waals surface area contributed by atoms with Gasteiger partial charge in [-0.3, -0.25) is 4.79 Å². The highest BCUT2D eigenvalue weighted by molar-refractivity contribution is 5.73. The molecule has 1 heterocycles. The van der Waals surface area contributed by atoms with Crippen molar-refractivity contribution in [1.29, 1.82) is 0 Å². The number of aliphatic carboxylic acids is 1. The lowest BCUT2D eigenvalue weighted by atomic mass is 10.1. The Morgan fingerprint density at radius 3 is 2.41 bits per heavy atom. The molecule has 2 aromatic carbocycles. The van der Waals surface area contributed by atoms with E-state index in [4.69, 9.17) is 5.11 Å². The van der Waals surface area contributed by atoms with Crippen LogP contribution >= 0.6 is 0 Å². The Hall–Kier alpha value is -3.82. The van der Waals surface area contributed by atoms with Gasteiger partial charge in [0, 0.05) is 11.6 Å². The quantitative estimate of drug-likeness (QED) is 0.541. The molecule has 0 aliphatic carbocycles. The zero-order chi connectivity index (χ0) is 20.9. The highest BCUT2D eigenvalue weighted by Gasteiger charge is 2.32. The fourth-order valence-corrected chi connectivity index (χ4v) is 2.42. The Morgan fingerprint density at radius 1 is 1.03 bits per heavy atom. The van der Waals surface area contributed by atoms with Gasteiger partial charge in [0.15, 0.2) is 5.75 Å². The molecule has 0 saturated carbocycles. The van der Waals surface area contributed by atoms with Crippen LogP contribution in [0, 0.1) is 0 Å². The summed E-state index contributed by atoms with van der Waals surface area (Å²) >= 11 is 0. The van der Waals surface area contributed by atoms with Gasteiger partial charge in [-0.2, -0.15) is 4.98 Å². The molecule has 150 valence electrons. The normalized spacial score (nSPS) is 11.0. The molecular formula is C19H15F3N4O3. The average Bonchev–Trinajstić information content (AvgIpc) is 2.67. The van der Waals surface area contributed by atoms with Crippen LogP contribution in [0.5, 0.6) is 5.75 Å². The van der Waals surface area contributed by atoms with Gasteiger partial charge >= 0.3 is 12.3 Å². The van der Waals surface area contributed by atoms with Gasteiger partial charge in [0.2, 0.25) is 5.95 Å². The Balaban J connectivity index is 1.96. The van der Waals surface area contributed by atoms with Crippen LogP contribution in [0.15, 0.2) is 60.7 Å². The number of carboxylic acids is 1. The molecule has 0 amide bonds. The molecule has 1 aromatic heterocycles. The van der Waals surface area contributed by atoms with Crippen LogP contribution in [0.3, 0.4) is 0 Å². The molecule has 0 unspecified atom stereocenters. The molecule has 0 bridgehead atoms. The van der Waals surface area contributed by atoms with Gasteiger partial charge in [0.05, 0.1) is 11.4 Å². The van der Waals surface area contributed by atoms with E-state index in [0.717, 1.165) is 5.56 Å². The summed E-state index contributed by atoms with van der Waals surface area (Å²) < 4.78 is 42.0. The highest BCUT2D eigenvalue weighted by atomic mass is 19.4. The third-order valence-electron chi connectivity index (χ3n) is 3.57. The SMILES string of the molecule is O=C(O)CNc1nc(Nc2ccccc2OC(F)(F)F)cc(-c2ccccc2)n1. The summed E-state index contributed by atoms with van der Waals surface area (Å²) in [5.74, 6) is -1.38. The van der Waals surface area contributed by atoms with Crippen molar-refractivity contribution < 1.29 is 27.8 Å². The van der Waals surface area contributed by atoms with Crippen LogP contribution in [0.4, 0.5) is 30.6 Å². The van der Waals surface area contributed by atoms with E-state index in [1.165, 1.54) is 30.3 Å². The van der Waals surface area contributed by atoms with E-state index in [2.05, 4.69) is 25.3 Å². The molecule has 3 N–H and O–H groups in total. The summed E-state index contributed by atoms with van der Waals surface area (Å²) in [4.78, 5) is 19.2. The summed E-state index contributed by atoms with van der Waals surface area (Å²) in [7, 11) is 0. The van der Waals surface area contributed by atoms with Crippen molar-refractivity contribution in [2.45, 2.75) is 6.36 Å². The predicted octanol–water partition coefficient (Wildman–Crippen LogP) is 4.28. The maximum atomic E-state index is 12.6. The molecule has 10 heteroatoms. The van der Waals surface area contributed by atoms with Crippen LogP contribution in [0.1, 0.15) is 0 Å². The maximum absolute atomic E-state index is 12.6. The lowest BCUT2D eigenvalue weighted by Crippen LogP contribution is -2.18. The zero-order valence-corrected chi connectivity index (χ0v) is 14.8. The molecule has 0 saturated heterocycles. The number of nitrogens with zero attached hydrogens (tertiary/aromatic N) is 2. The van der Waals surface area contributed by atoms with Gasteiger partial charge in [0.1, 0.15) is 12.4 Å². The van der Waals surface area contributed by atoms with Crippen molar-refractivity contribution in [2.24, 2.45) is 0 Å². The minimum absolute atomic E-state index is 0.00507. The van der Waals surface area contributed by atoms with Gasteiger partial charge in [0.25, 0.3) is 0 Å². The number of halogens is 3. The summed E-state index contributed by atoms with van der Waals surface area (Å²) in [5, 5.41) is 14.2. The van der Waals surface area contributed by atoms with E-state index in [1.807, 2.05) is 6.07 Å². The first kappa shape index (κ1) is 19.9. The smallest absolute Gasteiger partial charge is 0.480 e. The van der Waals surface area contributed by atoms with E-state index >= 15 is 0 Å². The number of benzene rings is 2. The number of ether oxygens (including phenoxy) is 1. The summed E-state index contributed by atoms with van der Waals surface area (Å²) in [5.41, 5.74) is 1.20. The van der Waals surface area contributed by atoms with Crippen molar-refractivity contribution in [1.82, 2.24) is 9.97 Å². The molecule has 3 aromatic rings. The number of hydrogen-bond acceptors (Lipinski definition) is 6. The number of carbonyl (C=O) groups is 1. The fourth-order valence-electron chi connectivity index (χ4n) is 2.42. The second kappa shape index (κ2) is 8.46. The summed E-state index contributed by atoms with van der Waals surface area (Å²) in [6.07, 6.45) is -4.85. The number of carboxylic acid groups (broad SMARTS) is 1. The fraction of sp³-hybridized carbons (Fsp3) is 0.105. The Bertz CT molecular complexity index is 997. The van der Waals surface area contributed by atoms with Crippen molar-refractivity contribution in [3.63, 3.8) is 0 Å². The van der Waals surface area contributed by atoms with Crippen LogP contribution in [0.2, 0.25) is 0 Å². The predicted molar refractivity (Wildman–Crippen MR) is 100 cm³/mol. The minimum atomic E-state index is -4.85. The number of rotatable bonds is 7. The van der Waals surface area contributed by atoms with E-state index < -0.39 is 24.6 Å². The molecule has 0 spiro atoms. The molecule has 0 radical (unpaired) electrons. The molecule has 3 rings (SSSR count). The van der Waals surface area contributed by atoms with E-state index in [-0.39, 0.29) is 17.5 Å². The molecule has 0 aliphatic rings. The second-order valence-corrected chi connectivity index (χ2v) is 5.74. The molecule has 0 aliphatic heterocycles. The highest BCUT2D eigenvalue weighted by Crippen LogP contribution is 2.32. The van der Waals surface area contributed by atoms with Gasteiger partial charge < -0.3 is 20.5 Å². The Morgan fingerprint density at radius 2 is 1.72 bits per heavy atom. The van der Waals surface area contributed by atoms with Gasteiger partial charge in [-0.25, -0.2) is 4.98 Å². The first-order valence-electron chi connectivity index (χ1n) is 8.32. The minimum Gasteiger partial charge on any atom is -0.480 e. The third kappa shape index (κ3) is 5.83. The van der Waals surface area contributed by atoms with E-state index in [0.29, 0.717) is 5.69 Å². The number of nitrogens with one attached hydrogen (secondary N) is 2. The number of anilines is 3. The van der Waals surface area contributed by atoms with E-state index in [9.17, 15) is 18.0 Å². The monoisotopic (exact) mass is 404 g/mol. The topological polar surface area (TPSA) is 96.4 Å². The Labute approximate surface area is 163 Å². The van der Waals surface area contributed by atoms with Crippen molar-refractivity contribution >= 4 is 23.4 Å². The maximum Gasteiger partial charge on any atom is 0.573 e. The van der Waals surface area contributed by atoms with Crippen molar-refractivity contribution in [2.75, 3.05) is 17.2 Å². The first-order valence-corrected chi connectivity index (χ1v) is 8.32. The molecule has 7 nitrogen and oxygen atoms in total. The lowest BCUT2D eigenvalue weighted by Gasteiger charge is -2.15. The summed E-state index contributed by atoms with van der Waals surface area (Å²) in [6.45, 7) is -0.425. The van der Waals surface area contributed by atoms with Crippen LogP contribution in [0.25, 0.3) is 11.3 Å². The van der Waals surface area contributed by atoms with E-state index in [1.54, 1.807) is 24.3 Å². The third-order valence-corrected chi connectivity index (χ3v) is 3.57. The molecule has 0 atom stereocenters. The van der Waals surface area contributed by atoms with Gasteiger partial charge in [-0.15, -0.1) is 13.2 Å². The summed E-state index contributed by atoms with van der Waals surface area (Å²) in [6, 6.07) is 16.0. The van der Waals surface area contributed by atoms with Crippen LogP contribution in [-0.4, -0.2) is 34.0 Å². The lowest BCUT2D eigenvalue weighted by molar-refractivity contribution is -0.274. The number of hydrogen-bond donors (Lipinski definition) is 3. The second-order valence-electron chi connectivity index (χ2n) is 5.74.